The molecule has 0 spiro atoms. The summed E-state index contributed by atoms with van der Waals surface area (Å²) in [6, 6.07) is 27.8. The van der Waals surface area contributed by atoms with E-state index in [9.17, 15) is 9.36 Å². The zero-order chi connectivity index (χ0) is 31.9. The van der Waals surface area contributed by atoms with Gasteiger partial charge in [-0.2, -0.15) is 4.98 Å². The summed E-state index contributed by atoms with van der Waals surface area (Å²) in [5.41, 5.74) is 2.07. The van der Waals surface area contributed by atoms with E-state index in [2.05, 4.69) is 15.3 Å². The van der Waals surface area contributed by atoms with Gasteiger partial charge < -0.3 is 28.4 Å². The smallest absolute Gasteiger partial charge is 0.356 e. The maximum Gasteiger partial charge on any atom is 0.356 e. The van der Waals surface area contributed by atoms with Gasteiger partial charge in [-0.05, 0) is 49.6 Å². The van der Waals surface area contributed by atoms with Crippen molar-refractivity contribution in [2.75, 3.05) is 38.6 Å². The molecule has 0 aliphatic carbocycles. The Labute approximate surface area is 262 Å². The van der Waals surface area contributed by atoms with Gasteiger partial charge in [0.15, 0.2) is 11.2 Å². The number of ether oxygens (including phenoxy) is 2. The Kier molecular flexibility index (Phi) is 10.1. The maximum absolute atomic E-state index is 13.4. The van der Waals surface area contributed by atoms with Gasteiger partial charge in [0.1, 0.15) is 23.5 Å². The molecule has 5 rings (SSSR count). The van der Waals surface area contributed by atoms with Gasteiger partial charge >= 0.3 is 7.60 Å². The topological polar surface area (TPSA) is 130 Å². The molecular weight excluding hydrogens is 593 g/mol. The van der Waals surface area contributed by atoms with Crippen molar-refractivity contribution in [3.05, 3.63) is 118 Å². The number of methoxy groups -OCH3 is 1. The van der Waals surface area contributed by atoms with Crippen molar-refractivity contribution in [2.24, 2.45) is 0 Å². The van der Waals surface area contributed by atoms with Crippen LogP contribution in [0.5, 0.6) is 5.75 Å². The molecule has 0 saturated heterocycles. The second-order valence-electron chi connectivity index (χ2n) is 10.2. The van der Waals surface area contributed by atoms with Crippen LogP contribution in [0.4, 0.5) is 5.95 Å². The Morgan fingerprint density at radius 3 is 2.00 bits per heavy atom. The molecule has 0 bridgehead atoms. The van der Waals surface area contributed by atoms with Crippen LogP contribution in [0.3, 0.4) is 0 Å². The number of anilines is 1. The normalized spacial score (nSPS) is 12.0. The van der Waals surface area contributed by atoms with Gasteiger partial charge in [0, 0.05) is 6.54 Å². The molecular formula is C33H38N5O6P. The Morgan fingerprint density at radius 1 is 0.867 bits per heavy atom. The van der Waals surface area contributed by atoms with Gasteiger partial charge in [-0.1, -0.05) is 72.8 Å². The summed E-state index contributed by atoms with van der Waals surface area (Å²) in [6.45, 7) is 6.29. The van der Waals surface area contributed by atoms with Crippen LogP contribution in [0, 0.1) is 6.92 Å². The quantitative estimate of drug-likeness (QED) is 0.0802. The fourth-order valence-corrected chi connectivity index (χ4v) is 6.76. The van der Waals surface area contributed by atoms with E-state index in [1.165, 1.54) is 0 Å². The molecule has 0 aliphatic rings. The molecule has 5 aromatic rings. The molecule has 0 radical (unpaired) electrons. The van der Waals surface area contributed by atoms with Crippen LogP contribution in [-0.4, -0.2) is 52.8 Å². The average molecular weight is 632 g/mol. The van der Waals surface area contributed by atoms with Crippen LogP contribution in [0.25, 0.3) is 11.2 Å². The van der Waals surface area contributed by atoms with Gasteiger partial charge in [0.25, 0.3) is 5.56 Å². The van der Waals surface area contributed by atoms with Crippen LogP contribution in [-0.2, 0) is 30.4 Å². The van der Waals surface area contributed by atoms with Gasteiger partial charge in [-0.15, -0.1) is 0 Å². The van der Waals surface area contributed by atoms with Crippen molar-refractivity contribution in [1.82, 2.24) is 19.5 Å². The zero-order valence-electron chi connectivity index (χ0n) is 25.9. The van der Waals surface area contributed by atoms with E-state index in [-0.39, 0.29) is 43.2 Å². The van der Waals surface area contributed by atoms with Crippen molar-refractivity contribution in [1.29, 1.82) is 0 Å². The van der Waals surface area contributed by atoms with E-state index in [4.69, 9.17) is 23.5 Å². The second-order valence-corrected chi connectivity index (χ2v) is 12.2. The number of aryl methyl sites for hydroxylation is 1. The highest BCUT2D eigenvalue weighted by molar-refractivity contribution is 7.53. The van der Waals surface area contributed by atoms with E-state index in [1.807, 2.05) is 89.5 Å². The number of hydrogen-bond acceptors (Lipinski definition) is 9. The Bertz CT molecular complexity index is 1760. The molecule has 2 aromatic heterocycles. The lowest BCUT2D eigenvalue weighted by molar-refractivity contribution is 0.127. The number of aromatic nitrogens is 4. The standard InChI is InChI=1S/C33H38N5O6P/c1-5-43-45(40,44-6-2)23-42-22-21-38-24(3)34-29-30(38)35-32(36-31(29)39)37-33(25-13-9-7-10-14-25,26-15-11-8-12-16-26)27-17-19-28(41-4)20-18-27/h7-20H,5-6,21-23H2,1-4H3,(H2,35,36,37,39). The lowest BCUT2D eigenvalue weighted by atomic mass is 9.77. The lowest BCUT2D eigenvalue weighted by Crippen LogP contribution is -2.39. The van der Waals surface area contributed by atoms with Gasteiger partial charge in [-0.25, -0.2) is 4.98 Å². The third kappa shape index (κ3) is 6.87. The summed E-state index contributed by atoms with van der Waals surface area (Å²) in [6.07, 6.45) is -0.181. The predicted molar refractivity (Wildman–Crippen MR) is 174 cm³/mol. The monoisotopic (exact) mass is 631 g/mol. The second kappa shape index (κ2) is 14.2. The number of H-pyrrole nitrogens is 1. The molecule has 0 amide bonds. The Balaban J connectivity index is 1.56. The first-order valence-electron chi connectivity index (χ1n) is 14.8. The minimum absolute atomic E-state index is 0.178. The minimum Gasteiger partial charge on any atom is -0.497 e. The summed E-state index contributed by atoms with van der Waals surface area (Å²) < 4.78 is 36.4. The van der Waals surface area contributed by atoms with Crippen LogP contribution in [0.2, 0.25) is 0 Å². The summed E-state index contributed by atoms with van der Waals surface area (Å²) in [7, 11) is -1.72. The molecule has 12 heteroatoms. The Hall–Kier alpha value is -4.28. The number of benzene rings is 3. The zero-order valence-corrected chi connectivity index (χ0v) is 26.8. The average Bonchev–Trinajstić information content (AvgIpc) is 3.38. The van der Waals surface area contributed by atoms with Crippen LogP contribution >= 0.6 is 7.60 Å². The summed E-state index contributed by atoms with van der Waals surface area (Å²) in [4.78, 5) is 25.7. The van der Waals surface area contributed by atoms with E-state index >= 15 is 0 Å². The van der Waals surface area contributed by atoms with Crippen molar-refractivity contribution >= 4 is 24.7 Å². The molecule has 11 nitrogen and oxygen atoms in total. The van der Waals surface area contributed by atoms with Gasteiger partial charge in [0.05, 0.1) is 26.9 Å². The molecule has 0 fully saturated rings. The number of nitrogens with zero attached hydrogens (tertiary/aromatic N) is 3. The highest BCUT2D eigenvalue weighted by Gasteiger charge is 2.37. The van der Waals surface area contributed by atoms with E-state index in [0.717, 1.165) is 22.4 Å². The van der Waals surface area contributed by atoms with Crippen molar-refractivity contribution in [3.8, 4) is 5.75 Å². The van der Waals surface area contributed by atoms with Crippen LogP contribution in [0.15, 0.2) is 89.7 Å². The number of rotatable bonds is 15. The van der Waals surface area contributed by atoms with Crippen molar-refractivity contribution in [2.45, 2.75) is 32.9 Å². The van der Waals surface area contributed by atoms with Crippen LogP contribution < -0.4 is 15.6 Å². The third-order valence-electron chi connectivity index (χ3n) is 7.40. The molecule has 3 aromatic carbocycles. The van der Waals surface area contributed by atoms with E-state index in [1.54, 1.807) is 27.9 Å². The van der Waals surface area contributed by atoms with E-state index in [0.29, 0.717) is 18.0 Å². The Morgan fingerprint density at radius 2 is 1.44 bits per heavy atom. The predicted octanol–water partition coefficient (Wildman–Crippen LogP) is 6.08. The molecule has 236 valence electrons. The fraction of sp³-hybridized carbons (Fsp3) is 0.303. The summed E-state index contributed by atoms with van der Waals surface area (Å²) in [5, 5.41) is 3.61. The lowest BCUT2D eigenvalue weighted by Gasteiger charge is -2.37. The molecule has 0 aliphatic heterocycles. The molecule has 2 heterocycles. The molecule has 45 heavy (non-hydrogen) atoms. The third-order valence-corrected chi connectivity index (χ3v) is 9.20. The van der Waals surface area contributed by atoms with Gasteiger partial charge in [0.2, 0.25) is 5.95 Å². The summed E-state index contributed by atoms with van der Waals surface area (Å²) >= 11 is 0. The SMILES string of the molecule is CCOP(=O)(COCCn1c(C)nc2c(=O)[nH]c(NC(c3ccccc3)(c3ccccc3)c3ccc(OC)cc3)nc21)OCC. The number of hydrogen-bond donors (Lipinski definition) is 2. The molecule has 0 atom stereocenters. The highest BCUT2D eigenvalue weighted by Crippen LogP contribution is 2.47. The fourth-order valence-electron chi connectivity index (χ4n) is 5.40. The minimum atomic E-state index is -3.35. The first-order valence-corrected chi connectivity index (χ1v) is 16.5. The molecule has 2 N–H and O–H groups in total. The van der Waals surface area contributed by atoms with Gasteiger partial charge in [-0.3, -0.25) is 14.3 Å². The maximum atomic E-state index is 13.4. The first kappa shape index (κ1) is 32.1. The molecule has 0 saturated carbocycles. The summed E-state index contributed by atoms with van der Waals surface area (Å²) in [5.74, 6) is 1.58. The number of imidazole rings is 1. The molecule has 0 unspecified atom stereocenters. The number of nitrogens with one attached hydrogen (secondary N) is 2. The largest absolute Gasteiger partial charge is 0.497 e. The van der Waals surface area contributed by atoms with Crippen molar-refractivity contribution < 1.29 is 23.1 Å². The van der Waals surface area contributed by atoms with Crippen molar-refractivity contribution in [3.63, 3.8) is 0 Å². The van der Waals surface area contributed by atoms with E-state index < -0.39 is 13.1 Å². The highest BCUT2D eigenvalue weighted by atomic mass is 31.2. The number of fused-ring (bicyclic) bond motifs is 1. The van der Waals surface area contributed by atoms with Crippen LogP contribution in [0.1, 0.15) is 36.4 Å². The number of aromatic amines is 1. The first-order chi connectivity index (χ1) is 21.8.